The summed E-state index contributed by atoms with van der Waals surface area (Å²) >= 11 is 0. The van der Waals surface area contributed by atoms with Gasteiger partial charge >= 0.3 is 0 Å². The largest absolute Gasteiger partial charge is 0.384 e. The van der Waals surface area contributed by atoms with Crippen molar-refractivity contribution in [3.63, 3.8) is 0 Å². The number of nitrogens with one attached hydrogen (secondary N) is 1. The average Bonchev–Trinajstić information content (AvgIpc) is 2.46. The van der Waals surface area contributed by atoms with Crippen LogP contribution in [0.25, 0.3) is 0 Å². The number of aliphatic hydroxyl groups excluding tert-OH is 1. The van der Waals surface area contributed by atoms with Gasteiger partial charge in [0.1, 0.15) is 6.61 Å². The molecular weight excluding hydrogens is 262 g/mol. The fraction of sp³-hybridized carbons (Fsp3) is 0.167. The molecule has 0 spiro atoms. The van der Waals surface area contributed by atoms with Crippen molar-refractivity contribution < 1.29 is 9.90 Å². The van der Waals surface area contributed by atoms with Crippen molar-refractivity contribution in [1.29, 1.82) is 0 Å². The molecule has 0 atom stereocenters. The molecule has 2 aromatic rings. The second-order valence-electron chi connectivity index (χ2n) is 4.83. The SMILES string of the molecule is Cc1cccc(C(=O)Nc2cc(C)ccc2C#CCO)c1. The molecule has 0 unspecified atom stereocenters. The summed E-state index contributed by atoms with van der Waals surface area (Å²) in [5.74, 6) is 5.27. The Morgan fingerprint density at radius 2 is 1.90 bits per heavy atom. The summed E-state index contributed by atoms with van der Waals surface area (Å²) in [6.45, 7) is 3.69. The Balaban J connectivity index is 2.30. The zero-order valence-electron chi connectivity index (χ0n) is 12.1. The summed E-state index contributed by atoms with van der Waals surface area (Å²) in [7, 11) is 0. The minimum atomic E-state index is -0.209. The fourth-order valence-corrected chi connectivity index (χ4v) is 1.99. The third-order valence-corrected chi connectivity index (χ3v) is 3.01. The number of amides is 1. The Hall–Kier alpha value is -2.57. The summed E-state index contributed by atoms with van der Waals surface area (Å²) in [5, 5.41) is 11.7. The summed E-state index contributed by atoms with van der Waals surface area (Å²) < 4.78 is 0. The van der Waals surface area contributed by atoms with E-state index in [1.165, 1.54) is 0 Å². The second kappa shape index (κ2) is 6.74. The highest BCUT2D eigenvalue weighted by Crippen LogP contribution is 2.18. The van der Waals surface area contributed by atoms with Crippen LogP contribution in [0.5, 0.6) is 0 Å². The van der Waals surface area contributed by atoms with Crippen LogP contribution in [0.2, 0.25) is 0 Å². The minimum Gasteiger partial charge on any atom is -0.384 e. The first-order chi connectivity index (χ1) is 10.1. The van der Waals surface area contributed by atoms with E-state index < -0.39 is 0 Å². The first-order valence-electron chi connectivity index (χ1n) is 6.68. The number of aryl methyl sites for hydroxylation is 2. The molecule has 21 heavy (non-hydrogen) atoms. The van der Waals surface area contributed by atoms with Gasteiger partial charge in [0.05, 0.1) is 5.69 Å². The van der Waals surface area contributed by atoms with Crippen LogP contribution in [0.15, 0.2) is 42.5 Å². The maximum Gasteiger partial charge on any atom is 0.255 e. The lowest BCUT2D eigenvalue weighted by Crippen LogP contribution is -2.13. The molecule has 2 aromatic carbocycles. The molecule has 0 saturated carbocycles. The zero-order valence-corrected chi connectivity index (χ0v) is 12.1. The Labute approximate surface area is 124 Å². The zero-order chi connectivity index (χ0) is 15.2. The molecule has 0 aliphatic heterocycles. The predicted octanol–water partition coefficient (Wildman–Crippen LogP) is 2.90. The van der Waals surface area contributed by atoms with Crippen molar-refractivity contribution in [3.05, 3.63) is 64.7 Å². The molecule has 0 fully saturated rings. The molecule has 106 valence electrons. The molecule has 2 N–H and O–H groups in total. The molecule has 0 aliphatic carbocycles. The molecule has 0 radical (unpaired) electrons. The maximum atomic E-state index is 12.3. The smallest absolute Gasteiger partial charge is 0.255 e. The van der Waals surface area contributed by atoms with E-state index in [0.29, 0.717) is 16.8 Å². The number of rotatable bonds is 2. The third-order valence-electron chi connectivity index (χ3n) is 3.01. The summed E-state index contributed by atoms with van der Waals surface area (Å²) in [5.41, 5.74) is 4.02. The fourth-order valence-electron chi connectivity index (χ4n) is 1.99. The van der Waals surface area contributed by atoms with E-state index in [1.54, 1.807) is 6.07 Å². The van der Waals surface area contributed by atoms with E-state index >= 15 is 0 Å². The Morgan fingerprint density at radius 3 is 2.62 bits per heavy atom. The quantitative estimate of drug-likeness (QED) is 0.830. The number of benzene rings is 2. The van der Waals surface area contributed by atoms with Gasteiger partial charge in [0.2, 0.25) is 0 Å². The van der Waals surface area contributed by atoms with Gasteiger partial charge in [-0.25, -0.2) is 0 Å². The van der Waals surface area contributed by atoms with Crippen LogP contribution in [0.4, 0.5) is 5.69 Å². The average molecular weight is 279 g/mol. The van der Waals surface area contributed by atoms with E-state index in [9.17, 15) is 4.79 Å². The van der Waals surface area contributed by atoms with Crippen molar-refractivity contribution in [2.45, 2.75) is 13.8 Å². The number of carbonyl (C=O) groups is 1. The second-order valence-corrected chi connectivity index (χ2v) is 4.83. The van der Waals surface area contributed by atoms with Crippen LogP contribution < -0.4 is 5.32 Å². The van der Waals surface area contributed by atoms with Gasteiger partial charge in [-0.05, 0) is 43.7 Å². The molecule has 0 heterocycles. The van der Waals surface area contributed by atoms with Gasteiger partial charge < -0.3 is 10.4 Å². The summed E-state index contributed by atoms with van der Waals surface area (Å²) in [6.07, 6.45) is 0. The van der Waals surface area contributed by atoms with Crippen LogP contribution in [-0.2, 0) is 0 Å². The Bertz CT molecular complexity index is 723. The van der Waals surface area contributed by atoms with Crippen molar-refractivity contribution in [2.24, 2.45) is 0 Å². The third kappa shape index (κ3) is 3.95. The van der Waals surface area contributed by atoms with Crippen molar-refractivity contribution in [1.82, 2.24) is 0 Å². The van der Waals surface area contributed by atoms with Crippen LogP contribution in [-0.4, -0.2) is 17.6 Å². The lowest BCUT2D eigenvalue weighted by molar-refractivity contribution is 0.102. The first kappa shape index (κ1) is 14.8. The Morgan fingerprint density at radius 1 is 1.14 bits per heavy atom. The van der Waals surface area contributed by atoms with E-state index in [1.807, 2.05) is 50.2 Å². The molecule has 0 bridgehead atoms. The van der Waals surface area contributed by atoms with Crippen LogP contribution in [0.3, 0.4) is 0 Å². The molecule has 0 aromatic heterocycles. The lowest BCUT2D eigenvalue weighted by atomic mass is 10.1. The van der Waals surface area contributed by atoms with Crippen molar-refractivity contribution in [3.8, 4) is 11.8 Å². The van der Waals surface area contributed by atoms with Crippen molar-refractivity contribution >= 4 is 11.6 Å². The van der Waals surface area contributed by atoms with E-state index in [2.05, 4.69) is 17.2 Å². The molecule has 2 rings (SSSR count). The number of anilines is 1. The molecule has 0 saturated heterocycles. The van der Waals surface area contributed by atoms with Gasteiger partial charge in [-0.1, -0.05) is 35.6 Å². The van der Waals surface area contributed by atoms with E-state index in [4.69, 9.17) is 5.11 Å². The maximum absolute atomic E-state index is 12.3. The topological polar surface area (TPSA) is 49.3 Å². The lowest BCUT2D eigenvalue weighted by Gasteiger charge is -2.09. The highest BCUT2D eigenvalue weighted by atomic mass is 16.2. The highest BCUT2D eigenvalue weighted by molar-refractivity contribution is 6.05. The molecule has 1 amide bonds. The monoisotopic (exact) mass is 279 g/mol. The van der Waals surface area contributed by atoms with Crippen LogP contribution >= 0.6 is 0 Å². The van der Waals surface area contributed by atoms with E-state index in [0.717, 1.165) is 11.1 Å². The van der Waals surface area contributed by atoms with Gasteiger partial charge in [-0.2, -0.15) is 0 Å². The number of hydrogen-bond donors (Lipinski definition) is 2. The normalized spacial score (nSPS) is 9.67. The predicted molar refractivity (Wildman–Crippen MR) is 84.3 cm³/mol. The molecule has 3 nitrogen and oxygen atoms in total. The Kier molecular flexibility index (Phi) is 4.76. The van der Waals surface area contributed by atoms with Gasteiger partial charge in [-0.15, -0.1) is 0 Å². The van der Waals surface area contributed by atoms with Gasteiger partial charge in [0.15, 0.2) is 0 Å². The summed E-state index contributed by atoms with van der Waals surface area (Å²) in [4.78, 5) is 12.3. The molecule has 0 aliphatic rings. The first-order valence-corrected chi connectivity index (χ1v) is 6.68. The van der Waals surface area contributed by atoms with Gasteiger partial charge in [0.25, 0.3) is 5.91 Å². The highest BCUT2D eigenvalue weighted by Gasteiger charge is 2.08. The molecular formula is C18H17NO2. The number of hydrogen-bond acceptors (Lipinski definition) is 2. The number of aliphatic hydroxyl groups is 1. The van der Waals surface area contributed by atoms with Gasteiger partial charge in [-0.3, -0.25) is 4.79 Å². The van der Waals surface area contributed by atoms with Crippen LogP contribution in [0, 0.1) is 25.7 Å². The number of carbonyl (C=O) groups excluding carboxylic acids is 1. The standard InChI is InChI=1S/C18H17NO2/c1-13-5-3-6-16(11-13)18(21)19-17-12-14(2)8-9-15(17)7-4-10-20/h3,5-6,8-9,11-12,20H,10H2,1-2H3,(H,19,21). The minimum absolute atomic E-state index is 0.170. The van der Waals surface area contributed by atoms with E-state index in [-0.39, 0.29) is 12.5 Å². The van der Waals surface area contributed by atoms with Crippen molar-refractivity contribution in [2.75, 3.05) is 11.9 Å². The van der Waals surface area contributed by atoms with Gasteiger partial charge in [0, 0.05) is 11.1 Å². The van der Waals surface area contributed by atoms with Crippen LogP contribution in [0.1, 0.15) is 27.0 Å². The summed E-state index contributed by atoms with van der Waals surface area (Å²) in [6, 6.07) is 13.0. The molecule has 3 heteroatoms.